The molecule has 1 saturated carbocycles. The average molecular weight is 416 g/mol. The second-order valence-corrected chi connectivity index (χ2v) is 8.97. The number of aromatic amines is 1. The molecule has 6 rings (SSSR count). The zero-order valence-electron chi connectivity index (χ0n) is 17.4. The van der Waals surface area contributed by atoms with Crippen molar-refractivity contribution in [1.29, 1.82) is 0 Å². The first-order chi connectivity index (χ1) is 15.1. The quantitative estimate of drug-likeness (QED) is 0.532. The molecule has 4 aromatic heterocycles. The van der Waals surface area contributed by atoms with Crippen molar-refractivity contribution in [3.63, 3.8) is 0 Å². The van der Waals surface area contributed by atoms with Gasteiger partial charge in [0.1, 0.15) is 12.0 Å². The van der Waals surface area contributed by atoms with Gasteiger partial charge < -0.3 is 15.2 Å². The number of hydrogen-bond acceptors (Lipinski definition) is 6. The highest BCUT2D eigenvalue weighted by Crippen LogP contribution is 2.44. The van der Waals surface area contributed by atoms with Crippen molar-refractivity contribution in [2.45, 2.75) is 38.6 Å². The molecule has 2 aliphatic rings. The molecule has 31 heavy (non-hydrogen) atoms. The Hall–Kier alpha value is -3.49. The molecule has 0 aromatic carbocycles. The first-order valence-electron chi connectivity index (χ1n) is 10.7. The molecule has 0 bridgehead atoms. The van der Waals surface area contributed by atoms with Gasteiger partial charge in [0.15, 0.2) is 5.65 Å². The second kappa shape index (κ2) is 6.76. The Bertz CT molecular complexity index is 1280. The van der Waals surface area contributed by atoms with E-state index in [0.29, 0.717) is 17.4 Å². The van der Waals surface area contributed by atoms with Crippen molar-refractivity contribution in [3.8, 4) is 11.1 Å². The Balaban J connectivity index is 1.16. The van der Waals surface area contributed by atoms with Crippen LogP contribution in [0.25, 0.3) is 27.8 Å². The molecule has 9 nitrogen and oxygen atoms in total. The maximum atomic E-state index is 11.5. The Labute approximate surface area is 178 Å². The van der Waals surface area contributed by atoms with E-state index in [9.17, 15) is 4.79 Å². The molecule has 0 radical (unpaired) electrons. The molecule has 1 aliphatic heterocycles. The van der Waals surface area contributed by atoms with Gasteiger partial charge in [-0.05, 0) is 37.8 Å². The van der Waals surface area contributed by atoms with Gasteiger partial charge in [-0.25, -0.2) is 4.98 Å². The van der Waals surface area contributed by atoms with E-state index in [2.05, 4.69) is 25.5 Å². The van der Waals surface area contributed by atoms with Crippen molar-refractivity contribution in [2.24, 2.45) is 5.41 Å². The highest BCUT2D eigenvalue weighted by Gasteiger charge is 2.46. The summed E-state index contributed by atoms with van der Waals surface area (Å²) in [6.07, 6.45) is 12.0. The fourth-order valence-electron chi connectivity index (χ4n) is 5.06. The fraction of sp³-hybridized carbons (Fsp3) is 0.409. The topological polar surface area (TPSA) is 104 Å². The van der Waals surface area contributed by atoms with Gasteiger partial charge in [-0.15, -0.1) is 10.2 Å². The third-order valence-corrected chi connectivity index (χ3v) is 6.91. The number of nitrogens with one attached hydrogen (secondary N) is 2. The number of hydrogen-bond donors (Lipinski definition) is 2. The number of carbonyl (C=O) groups is 1. The van der Waals surface area contributed by atoms with Gasteiger partial charge in [-0.2, -0.15) is 4.98 Å². The van der Waals surface area contributed by atoms with Crippen molar-refractivity contribution in [2.75, 3.05) is 18.4 Å². The summed E-state index contributed by atoms with van der Waals surface area (Å²) in [4.78, 5) is 26.0. The van der Waals surface area contributed by atoms with Gasteiger partial charge in [0.2, 0.25) is 11.9 Å². The number of amides is 1. The van der Waals surface area contributed by atoms with Gasteiger partial charge >= 0.3 is 0 Å². The summed E-state index contributed by atoms with van der Waals surface area (Å²) >= 11 is 0. The Morgan fingerprint density at radius 3 is 2.90 bits per heavy atom. The summed E-state index contributed by atoms with van der Waals surface area (Å²) in [5, 5.41) is 12.5. The van der Waals surface area contributed by atoms with Crippen molar-refractivity contribution in [1.82, 2.24) is 34.4 Å². The van der Waals surface area contributed by atoms with E-state index in [4.69, 9.17) is 4.98 Å². The lowest BCUT2D eigenvalue weighted by Crippen LogP contribution is -2.59. The number of pyridine rings is 1. The van der Waals surface area contributed by atoms with Crippen LogP contribution in [-0.2, 0) is 4.79 Å². The molecule has 2 N–H and O–H groups in total. The maximum Gasteiger partial charge on any atom is 0.224 e. The number of carbonyl (C=O) groups excluding carboxylic acids is 1. The van der Waals surface area contributed by atoms with Crippen LogP contribution in [0.4, 0.5) is 5.95 Å². The summed E-state index contributed by atoms with van der Waals surface area (Å²) < 4.78 is 1.90. The number of anilines is 1. The standard InChI is InChI=1S/C22H24N8O/c1-14(31)30-11-22(12-30)6-4-16(5-7-22)26-21-24-9-18-17(8-23-20(18)27-21)15-2-3-19-28-25-13-29(19)10-15/h2-3,8-10,13,16H,4-7,11-12H2,1H3,(H2,23,24,26,27). The molecule has 1 amide bonds. The molecule has 1 aliphatic carbocycles. The number of nitrogens with zero attached hydrogens (tertiary/aromatic N) is 6. The van der Waals surface area contributed by atoms with E-state index in [1.807, 2.05) is 40.0 Å². The summed E-state index contributed by atoms with van der Waals surface area (Å²) in [5.41, 5.74) is 4.09. The van der Waals surface area contributed by atoms with Crippen LogP contribution in [0.15, 0.2) is 37.1 Å². The molecule has 1 saturated heterocycles. The first kappa shape index (κ1) is 18.3. The molecule has 1 spiro atoms. The molecule has 0 unspecified atom stereocenters. The highest BCUT2D eigenvalue weighted by molar-refractivity contribution is 5.93. The number of fused-ring (bicyclic) bond motifs is 2. The zero-order chi connectivity index (χ0) is 21.0. The largest absolute Gasteiger partial charge is 0.351 e. The smallest absolute Gasteiger partial charge is 0.224 e. The highest BCUT2D eigenvalue weighted by atomic mass is 16.2. The minimum Gasteiger partial charge on any atom is -0.351 e. The number of rotatable bonds is 3. The monoisotopic (exact) mass is 416 g/mol. The Kier molecular flexibility index (Phi) is 3.99. The number of likely N-dealkylation sites (tertiary alicyclic amines) is 1. The normalized spacial score (nSPS) is 18.5. The third-order valence-electron chi connectivity index (χ3n) is 6.91. The Morgan fingerprint density at radius 1 is 1.26 bits per heavy atom. The summed E-state index contributed by atoms with van der Waals surface area (Å²) in [7, 11) is 0. The maximum absolute atomic E-state index is 11.5. The lowest BCUT2D eigenvalue weighted by Gasteiger charge is -2.53. The summed E-state index contributed by atoms with van der Waals surface area (Å²) in [6, 6.07) is 4.36. The van der Waals surface area contributed by atoms with Crippen LogP contribution in [0, 0.1) is 5.41 Å². The number of aromatic nitrogens is 6. The summed E-state index contributed by atoms with van der Waals surface area (Å²) in [6.45, 7) is 3.50. The van der Waals surface area contributed by atoms with Gasteiger partial charge in [0.05, 0.1) is 0 Å². The van der Waals surface area contributed by atoms with Crippen LogP contribution in [-0.4, -0.2) is 59.5 Å². The van der Waals surface area contributed by atoms with Gasteiger partial charge in [-0.1, -0.05) is 0 Å². The summed E-state index contributed by atoms with van der Waals surface area (Å²) in [5.74, 6) is 0.856. The van der Waals surface area contributed by atoms with Gasteiger partial charge in [0.25, 0.3) is 0 Å². The lowest BCUT2D eigenvalue weighted by molar-refractivity contribution is -0.143. The lowest BCUT2D eigenvalue weighted by atomic mass is 9.67. The molecule has 4 aromatic rings. The second-order valence-electron chi connectivity index (χ2n) is 8.97. The predicted molar refractivity (Wildman–Crippen MR) is 116 cm³/mol. The van der Waals surface area contributed by atoms with Crippen LogP contribution in [0.2, 0.25) is 0 Å². The van der Waals surface area contributed by atoms with Crippen molar-refractivity contribution >= 4 is 28.5 Å². The minimum absolute atomic E-state index is 0.194. The van der Waals surface area contributed by atoms with E-state index in [1.165, 1.54) is 0 Å². The van der Waals surface area contributed by atoms with E-state index >= 15 is 0 Å². The van der Waals surface area contributed by atoms with E-state index in [0.717, 1.165) is 66.6 Å². The Morgan fingerprint density at radius 2 is 2.10 bits per heavy atom. The molecule has 158 valence electrons. The predicted octanol–water partition coefficient (Wildman–Crippen LogP) is 2.87. The van der Waals surface area contributed by atoms with E-state index < -0.39 is 0 Å². The molecular formula is C22H24N8O. The molecule has 9 heteroatoms. The van der Waals surface area contributed by atoms with Crippen LogP contribution < -0.4 is 5.32 Å². The van der Waals surface area contributed by atoms with Crippen LogP contribution in [0.3, 0.4) is 0 Å². The zero-order valence-corrected chi connectivity index (χ0v) is 17.4. The van der Waals surface area contributed by atoms with Crippen molar-refractivity contribution in [3.05, 3.63) is 37.1 Å². The van der Waals surface area contributed by atoms with E-state index in [-0.39, 0.29) is 5.91 Å². The minimum atomic E-state index is 0.194. The van der Waals surface area contributed by atoms with Crippen LogP contribution in [0.5, 0.6) is 0 Å². The number of H-pyrrole nitrogens is 1. The molecular weight excluding hydrogens is 392 g/mol. The fourth-order valence-corrected chi connectivity index (χ4v) is 5.06. The van der Waals surface area contributed by atoms with Gasteiger partial charge in [0, 0.05) is 66.6 Å². The molecule has 2 fully saturated rings. The van der Waals surface area contributed by atoms with Crippen LogP contribution >= 0.6 is 0 Å². The SMILES string of the molecule is CC(=O)N1CC2(CCC(Nc3ncc4c(-c5ccc6nncn6c5)c[nH]c4n3)CC2)C1. The molecule has 0 atom stereocenters. The van der Waals surface area contributed by atoms with Crippen LogP contribution in [0.1, 0.15) is 32.6 Å². The van der Waals surface area contributed by atoms with Gasteiger partial charge in [-0.3, -0.25) is 9.20 Å². The first-order valence-corrected chi connectivity index (χ1v) is 10.7. The van der Waals surface area contributed by atoms with Crippen molar-refractivity contribution < 1.29 is 4.79 Å². The third kappa shape index (κ3) is 3.11. The van der Waals surface area contributed by atoms with E-state index in [1.54, 1.807) is 13.3 Å². The molecule has 5 heterocycles. The average Bonchev–Trinajstić information content (AvgIpc) is 3.38.